The van der Waals surface area contributed by atoms with E-state index in [9.17, 15) is 4.79 Å². The number of nitrogens with zero attached hydrogens (tertiary/aromatic N) is 2. The molecule has 2 atom stereocenters. The lowest BCUT2D eigenvalue weighted by Gasteiger charge is -2.25. The molecule has 0 saturated heterocycles. The van der Waals surface area contributed by atoms with Crippen LogP contribution < -0.4 is 10.6 Å². The SMILES string of the molecule is C=CCNC(=O)[C@@H]1Cc2cn(Cc3cc(C)on3)c3cccc(c23)[C@H](CC(C)C)N1. The molecule has 1 aliphatic heterocycles. The van der Waals surface area contributed by atoms with E-state index < -0.39 is 0 Å². The van der Waals surface area contributed by atoms with Gasteiger partial charge in [0.2, 0.25) is 5.91 Å². The summed E-state index contributed by atoms with van der Waals surface area (Å²) in [6.45, 7) is 11.2. The molecule has 4 rings (SSSR count). The maximum atomic E-state index is 12.9. The van der Waals surface area contributed by atoms with Crippen LogP contribution >= 0.6 is 0 Å². The van der Waals surface area contributed by atoms with Crippen molar-refractivity contribution in [1.82, 2.24) is 20.4 Å². The Morgan fingerprint density at radius 2 is 2.30 bits per heavy atom. The number of carbonyl (C=O) groups is 1. The molecule has 0 unspecified atom stereocenters. The normalized spacial score (nSPS) is 18.5. The quantitative estimate of drug-likeness (QED) is 0.584. The molecular formula is C24H30N4O2. The summed E-state index contributed by atoms with van der Waals surface area (Å²) in [4.78, 5) is 12.9. The minimum atomic E-state index is -0.283. The summed E-state index contributed by atoms with van der Waals surface area (Å²) in [7, 11) is 0. The first kappa shape index (κ1) is 20.4. The molecule has 6 heteroatoms. The van der Waals surface area contributed by atoms with Gasteiger partial charge in [0.25, 0.3) is 0 Å². The van der Waals surface area contributed by atoms with Gasteiger partial charge in [-0.3, -0.25) is 10.1 Å². The van der Waals surface area contributed by atoms with Crippen molar-refractivity contribution in [3.8, 4) is 0 Å². The number of nitrogens with one attached hydrogen (secondary N) is 2. The number of hydrogen-bond acceptors (Lipinski definition) is 4. The highest BCUT2D eigenvalue weighted by Gasteiger charge is 2.30. The van der Waals surface area contributed by atoms with Gasteiger partial charge >= 0.3 is 0 Å². The van der Waals surface area contributed by atoms with Crippen LogP contribution in [0.2, 0.25) is 0 Å². The highest BCUT2D eigenvalue weighted by atomic mass is 16.5. The predicted molar refractivity (Wildman–Crippen MR) is 118 cm³/mol. The van der Waals surface area contributed by atoms with Crippen molar-refractivity contribution in [2.75, 3.05) is 6.54 Å². The molecule has 3 aromatic rings. The summed E-state index contributed by atoms with van der Waals surface area (Å²) >= 11 is 0. The number of amides is 1. The van der Waals surface area contributed by atoms with Gasteiger partial charge in [-0.1, -0.05) is 37.2 Å². The molecular weight excluding hydrogens is 376 g/mol. The van der Waals surface area contributed by atoms with Gasteiger partial charge in [0.15, 0.2) is 0 Å². The topological polar surface area (TPSA) is 72.1 Å². The molecule has 0 radical (unpaired) electrons. The molecule has 2 N–H and O–H groups in total. The second-order valence-electron chi connectivity index (χ2n) is 8.59. The Bertz CT molecular complexity index is 1060. The van der Waals surface area contributed by atoms with Crippen LogP contribution in [-0.2, 0) is 17.8 Å². The first-order chi connectivity index (χ1) is 14.5. The number of rotatable bonds is 7. The van der Waals surface area contributed by atoms with Crippen LogP contribution in [0.15, 0.2) is 47.6 Å². The molecule has 30 heavy (non-hydrogen) atoms. The van der Waals surface area contributed by atoms with E-state index in [0.717, 1.165) is 17.9 Å². The highest BCUT2D eigenvalue weighted by Crippen LogP contribution is 2.36. The van der Waals surface area contributed by atoms with Crippen molar-refractivity contribution in [1.29, 1.82) is 0 Å². The van der Waals surface area contributed by atoms with Crippen LogP contribution in [0.3, 0.4) is 0 Å². The smallest absolute Gasteiger partial charge is 0.237 e. The number of aryl methyl sites for hydroxylation is 1. The van der Waals surface area contributed by atoms with Crippen LogP contribution in [0.1, 0.15) is 48.9 Å². The standard InChI is InChI=1S/C24H30N4O2/c1-5-9-25-24(29)21-12-17-13-28(14-18-11-16(4)30-27-18)22-8-6-7-19(23(17)22)20(26-21)10-15(2)3/h5-8,11,13,15,20-21,26H,1,9-10,12,14H2,2-4H3,(H,25,29)/t20-,21-/m0/s1. The van der Waals surface area contributed by atoms with Crippen molar-refractivity contribution < 1.29 is 9.32 Å². The Kier molecular flexibility index (Phi) is 5.77. The molecule has 0 spiro atoms. The molecule has 3 heterocycles. The Balaban J connectivity index is 1.77. The fraction of sp³-hybridized carbons (Fsp3) is 0.417. The molecule has 158 valence electrons. The summed E-state index contributed by atoms with van der Waals surface area (Å²) < 4.78 is 7.47. The summed E-state index contributed by atoms with van der Waals surface area (Å²) in [5, 5.41) is 12.0. The summed E-state index contributed by atoms with van der Waals surface area (Å²) in [5.74, 6) is 1.34. The average Bonchev–Trinajstić information content (AvgIpc) is 3.23. The zero-order valence-electron chi connectivity index (χ0n) is 17.9. The van der Waals surface area contributed by atoms with E-state index in [0.29, 0.717) is 25.4 Å². The molecule has 2 aromatic heterocycles. The lowest BCUT2D eigenvalue weighted by atomic mass is 9.94. The maximum Gasteiger partial charge on any atom is 0.237 e. The minimum Gasteiger partial charge on any atom is -0.361 e. The number of benzene rings is 1. The lowest BCUT2D eigenvalue weighted by molar-refractivity contribution is -0.123. The lowest BCUT2D eigenvalue weighted by Crippen LogP contribution is -2.46. The first-order valence-corrected chi connectivity index (χ1v) is 10.6. The number of aromatic nitrogens is 2. The van der Waals surface area contributed by atoms with E-state index >= 15 is 0 Å². The van der Waals surface area contributed by atoms with Gasteiger partial charge in [-0.05, 0) is 42.9 Å². The molecule has 1 aromatic carbocycles. The van der Waals surface area contributed by atoms with Gasteiger partial charge in [0.05, 0.1) is 12.6 Å². The van der Waals surface area contributed by atoms with E-state index in [-0.39, 0.29) is 18.0 Å². The number of hydrogen-bond donors (Lipinski definition) is 2. The highest BCUT2D eigenvalue weighted by molar-refractivity contribution is 5.90. The van der Waals surface area contributed by atoms with Crippen molar-refractivity contribution >= 4 is 16.8 Å². The Labute approximate surface area is 177 Å². The largest absolute Gasteiger partial charge is 0.361 e. The summed E-state index contributed by atoms with van der Waals surface area (Å²) in [6.07, 6.45) is 5.50. The molecule has 0 fully saturated rings. The van der Waals surface area contributed by atoms with Crippen LogP contribution in [0.4, 0.5) is 0 Å². The van der Waals surface area contributed by atoms with Crippen LogP contribution in [0.25, 0.3) is 10.9 Å². The zero-order valence-corrected chi connectivity index (χ0v) is 17.9. The zero-order chi connectivity index (χ0) is 21.3. The fourth-order valence-electron chi connectivity index (χ4n) is 4.45. The van der Waals surface area contributed by atoms with Gasteiger partial charge in [-0.15, -0.1) is 6.58 Å². The van der Waals surface area contributed by atoms with E-state index in [1.807, 2.05) is 13.0 Å². The van der Waals surface area contributed by atoms with Crippen molar-refractivity contribution in [2.24, 2.45) is 5.92 Å². The average molecular weight is 407 g/mol. The molecule has 0 bridgehead atoms. The van der Waals surface area contributed by atoms with Crippen LogP contribution in [0, 0.1) is 12.8 Å². The third kappa shape index (κ3) is 4.05. The van der Waals surface area contributed by atoms with Crippen molar-refractivity contribution in [3.05, 3.63) is 65.7 Å². The second kappa shape index (κ2) is 8.48. The molecule has 0 aliphatic carbocycles. The molecule has 1 aliphatic rings. The second-order valence-corrected chi connectivity index (χ2v) is 8.59. The van der Waals surface area contributed by atoms with E-state index in [4.69, 9.17) is 4.52 Å². The summed E-state index contributed by atoms with van der Waals surface area (Å²) in [6, 6.07) is 8.27. The Hall–Kier alpha value is -2.86. The third-order valence-corrected chi connectivity index (χ3v) is 5.67. The first-order valence-electron chi connectivity index (χ1n) is 10.6. The van der Waals surface area contributed by atoms with Gasteiger partial charge in [0.1, 0.15) is 11.5 Å². The molecule has 1 amide bonds. The monoisotopic (exact) mass is 406 g/mol. The predicted octanol–water partition coefficient (Wildman–Crippen LogP) is 3.89. The van der Waals surface area contributed by atoms with E-state index in [2.05, 4.69) is 65.2 Å². The van der Waals surface area contributed by atoms with Gasteiger partial charge in [-0.25, -0.2) is 0 Å². The minimum absolute atomic E-state index is 0.0180. The van der Waals surface area contributed by atoms with Crippen molar-refractivity contribution in [3.63, 3.8) is 0 Å². The Morgan fingerprint density at radius 1 is 1.47 bits per heavy atom. The van der Waals surface area contributed by atoms with E-state index in [1.165, 1.54) is 22.0 Å². The van der Waals surface area contributed by atoms with E-state index in [1.54, 1.807) is 6.08 Å². The van der Waals surface area contributed by atoms with Crippen LogP contribution in [-0.4, -0.2) is 28.2 Å². The number of carbonyl (C=O) groups excluding carboxylic acids is 1. The van der Waals surface area contributed by atoms with Gasteiger partial charge in [0, 0.05) is 35.8 Å². The van der Waals surface area contributed by atoms with Gasteiger partial charge < -0.3 is 14.4 Å². The maximum absolute atomic E-state index is 12.9. The molecule has 6 nitrogen and oxygen atoms in total. The third-order valence-electron chi connectivity index (χ3n) is 5.67. The summed E-state index contributed by atoms with van der Waals surface area (Å²) in [5.41, 5.74) is 4.53. The van der Waals surface area contributed by atoms with Crippen LogP contribution in [0.5, 0.6) is 0 Å². The van der Waals surface area contributed by atoms with Gasteiger partial charge in [-0.2, -0.15) is 0 Å². The fourth-order valence-corrected chi connectivity index (χ4v) is 4.45. The molecule has 0 saturated carbocycles. The van der Waals surface area contributed by atoms with Crippen molar-refractivity contribution in [2.45, 2.75) is 52.2 Å². The Morgan fingerprint density at radius 3 is 3.00 bits per heavy atom.